The monoisotopic (exact) mass is 348 g/mol. The molecule has 24 heavy (non-hydrogen) atoms. The van der Waals surface area contributed by atoms with Gasteiger partial charge in [0.25, 0.3) is 0 Å². The van der Waals surface area contributed by atoms with Gasteiger partial charge in [0.15, 0.2) is 0 Å². The average molecular weight is 348 g/mol. The Morgan fingerprint density at radius 2 is 1.83 bits per heavy atom. The van der Waals surface area contributed by atoms with E-state index in [1.54, 1.807) is 37.7 Å². The zero-order valence-electron chi connectivity index (χ0n) is 14.4. The van der Waals surface area contributed by atoms with Crippen molar-refractivity contribution in [2.24, 2.45) is 0 Å². The Kier molecular flexibility index (Phi) is 6.34. The second-order valence-electron chi connectivity index (χ2n) is 5.43. The molecular weight excluding hydrogens is 324 g/mol. The summed E-state index contributed by atoms with van der Waals surface area (Å²) in [5.41, 5.74) is 1.96. The number of rotatable bonds is 8. The van der Waals surface area contributed by atoms with Crippen molar-refractivity contribution in [3.05, 3.63) is 53.9 Å². The molecule has 2 aromatic rings. The number of sulfonamides is 1. The molecule has 0 unspecified atom stereocenters. The molecule has 2 rings (SSSR count). The molecule has 0 spiro atoms. The zero-order valence-corrected chi connectivity index (χ0v) is 15.2. The normalized spacial score (nSPS) is 11.7. The van der Waals surface area contributed by atoms with Crippen LogP contribution in [0, 0.1) is 0 Å². The van der Waals surface area contributed by atoms with Crippen molar-refractivity contribution in [2.45, 2.75) is 31.6 Å². The molecule has 0 saturated heterocycles. The third-order valence-electron chi connectivity index (χ3n) is 4.02. The number of pyridine rings is 1. The molecule has 1 aromatic carbocycles. The van der Waals surface area contributed by atoms with Crippen molar-refractivity contribution in [3.63, 3.8) is 0 Å². The number of hydrogen-bond acceptors (Lipinski definition) is 4. The van der Waals surface area contributed by atoms with Gasteiger partial charge in [-0.3, -0.25) is 4.98 Å². The lowest BCUT2D eigenvalue weighted by Gasteiger charge is -2.21. The summed E-state index contributed by atoms with van der Waals surface area (Å²) >= 11 is 0. The number of benzene rings is 1. The van der Waals surface area contributed by atoms with Crippen molar-refractivity contribution in [3.8, 4) is 5.75 Å². The van der Waals surface area contributed by atoms with E-state index in [0.717, 1.165) is 23.3 Å². The molecule has 0 aliphatic heterocycles. The lowest BCUT2D eigenvalue weighted by atomic mass is 10.1. The zero-order chi connectivity index (χ0) is 17.6. The van der Waals surface area contributed by atoms with E-state index in [1.807, 2.05) is 26.0 Å². The second-order valence-corrected chi connectivity index (χ2v) is 7.37. The van der Waals surface area contributed by atoms with Crippen LogP contribution in [0.25, 0.3) is 0 Å². The number of aromatic nitrogens is 1. The highest BCUT2D eigenvalue weighted by Crippen LogP contribution is 2.25. The highest BCUT2D eigenvalue weighted by Gasteiger charge is 2.23. The Labute approximate surface area is 144 Å². The van der Waals surface area contributed by atoms with Gasteiger partial charge in [-0.05, 0) is 54.3 Å². The molecule has 0 amide bonds. The van der Waals surface area contributed by atoms with E-state index >= 15 is 0 Å². The van der Waals surface area contributed by atoms with E-state index in [9.17, 15) is 8.42 Å². The summed E-state index contributed by atoms with van der Waals surface area (Å²) in [7, 11) is -1.92. The summed E-state index contributed by atoms with van der Waals surface area (Å²) in [4.78, 5) is 4.30. The number of ether oxygens (including phenoxy) is 1. The fourth-order valence-electron chi connectivity index (χ4n) is 2.59. The quantitative estimate of drug-likeness (QED) is 0.736. The van der Waals surface area contributed by atoms with Gasteiger partial charge in [-0.25, -0.2) is 8.42 Å². The van der Waals surface area contributed by atoms with Crippen molar-refractivity contribution in [2.75, 3.05) is 20.2 Å². The molecule has 0 N–H and O–H groups in total. The first-order chi connectivity index (χ1) is 11.5. The van der Waals surface area contributed by atoms with Gasteiger partial charge in [-0.1, -0.05) is 13.8 Å². The first-order valence-electron chi connectivity index (χ1n) is 8.08. The summed E-state index contributed by atoms with van der Waals surface area (Å²) in [5.74, 6) is 0.719. The van der Waals surface area contributed by atoms with Gasteiger partial charge < -0.3 is 4.74 Å². The third kappa shape index (κ3) is 4.13. The lowest BCUT2D eigenvalue weighted by molar-refractivity contribution is 0.409. The van der Waals surface area contributed by atoms with Gasteiger partial charge in [0.05, 0.1) is 12.0 Å². The minimum Gasteiger partial charge on any atom is -0.496 e. The maximum absolute atomic E-state index is 12.9. The van der Waals surface area contributed by atoms with Gasteiger partial charge in [0.1, 0.15) is 5.75 Å². The van der Waals surface area contributed by atoms with Crippen LogP contribution in [0.3, 0.4) is 0 Å². The molecule has 130 valence electrons. The molecule has 0 aliphatic rings. The number of hydrogen-bond donors (Lipinski definition) is 0. The Morgan fingerprint density at radius 1 is 1.12 bits per heavy atom. The van der Waals surface area contributed by atoms with Crippen molar-refractivity contribution in [1.29, 1.82) is 0 Å². The molecule has 0 aliphatic carbocycles. The number of nitrogens with zero attached hydrogens (tertiary/aromatic N) is 2. The summed E-state index contributed by atoms with van der Waals surface area (Å²) in [5, 5.41) is 0. The van der Waals surface area contributed by atoms with Crippen LogP contribution in [-0.2, 0) is 22.9 Å². The summed E-state index contributed by atoms with van der Waals surface area (Å²) in [6.07, 6.45) is 4.82. The summed E-state index contributed by atoms with van der Waals surface area (Å²) in [6, 6.07) is 8.86. The van der Waals surface area contributed by atoms with Crippen LogP contribution in [0.2, 0.25) is 0 Å². The summed E-state index contributed by atoms with van der Waals surface area (Å²) in [6.45, 7) is 4.71. The second kappa shape index (κ2) is 8.26. The molecule has 0 radical (unpaired) electrons. The van der Waals surface area contributed by atoms with Gasteiger partial charge in [-0.2, -0.15) is 4.31 Å². The van der Waals surface area contributed by atoms with Gasteiger partial charge in [0, 0.05) is 25.5 Å². The SMILES string of the molecule is CCc1cc(S(=O)(=O)N(CC)CCc2ccncc2)ccc1OC. The molecule has 0 saturated carbocycles. The van der Waals surface area contributed by atoms with E-state index in [1.165, 1.54) is 4.31 Å². The maximum atomic E-state index is 12.9. The van der Waals surface area contributed by atoms with Gasteiger partial charge >= 0.3 is 0 Å². The highest BCUT2D eigenvalue weighted by atomic mass is 32.2. The first kappa shape index (κ1) is 18.4. The minimum atomic E-state index is -3.52. The molecule has 1 heterocycles. The molecule has 0 bridgehead atoms. The molecule has 0 fully saturated rings. The Bertz CT molecular complexity index is 761. The van der Waals surface area contributed by atoms with Gasteiger partial charge in [0.2, 0.25) is 10.0 Å². The van der Waals surface area contributed by atoms with Crippen molar-refractivity contribution >= 4 is 10.0 Å². The fraction of sp³-hybridized carbons (Fsp3) is 0.389. The largest absolute Gasteiger partial charge is 0.496 e. The molecule has 5 nitrogen and oxygen atoms in total. The molecule has 0 atom stereocenters. The minimum absolute atomic E-state index is 0.316. The van der Waals surface area contributed by atoms with Crippen LogP contribution < -0.4 is 4.74 Å². The van der Waals surface area contributed by atoms with Crippen LogP contribution in [-0.4, -0.2) is 37.9 Å². The van der Waals surface area contributed by atoms with E-state index in [0.29, 0.717) is 24.4 Å². The fourth-order valence-corrected chi connectivity index (χ4v) is 4.09. The Hall–Kier alpha value is -1.92. The lowest BCUT2D eigenvalue weighted by Crippen LogP contribution is -2.32. The van der Waals surface area contributed by atoms with E-state index < -0.39 is 10.0 Å². The standard InChI is InChI=1S/C18H24N2O3S/c1-4-16-14-17(6-7-18(16)23-3)24(21,22)20(5-2)13-10-15-8-11-19-12-9-15/h6-9,11-12,14H,4-5,10,13H2,1-3H3. The first-order valence-corrected chi connectivity index (χ1v) is 9.52. The van der Waals surface area contributed by atoms with Crippen LogP contribution in [0.1, 0.15) is 25.0 Å². The van der Waals surface area contributed by atoms with Crippen LogP contribution in [0.5, 0.6) is 5.75 Å². The molecule has 6 heteroatoms. The predicted molar refractivity (Wildman–Crippen MR) is 94.7 cm³/mol. The average Bonchev–Trinajstić information content (AvgIpc) is 2.62. The van der Waals surface area contributed by atoms with Crippen LogP contribution in [0.4, 0.5) is 0 Å². The smallest absolute Gasteiger partial charge is 0.243 e. The highest BCUT2D eigenvalue weighted by molar-refractivity contribution is 7.89. The van der Waals surface area contributed by atoms with E-state index in [4.69, 9.17) is 4.74 Å². The summed E-state index contributed by atoms with van der Waals surface area (Å²) < 4.78 is 32.6. The number of methoxy groups -OCH3 is 1. The Balaban J connectivity index is 2.23. The van der Waals surface area contributed by atoms with Gasteiger partial charge in [-0.15, -0.1) is 0 Å². The molecular formula is C18H24N2O3S. The number of aryl methyl sites for hydroxylation is 1. The van der Waals surface area contributed by atoms with E-state index in [2.05, 4.69) is 4.98 Å². The third-order valence-corrected chi connectivity index (χ3v) is 5.99. The van der Waals surface area contributed by atoms with Crippen molar-refractivity contribution < 1.29 is 13.2 Å². The van der Waals surface area contributed by atoms with Crippen molar-refractivity contribution in [1.82, 2.24) is 9.29 Å². The maximum Gasteiger partial charge on any atom is 0.243 e. The van der Waals surface area contributed by atoms with E-state index in [-0.39, 0.29) is 0 Å². The molecule has 1 aromatic heterocycles. The predicted octanol–water partition coefficient (Wildman–Crippen LogP) is 2.91. The topological polar surface area (TPSA) is 59.5 Å². The number of likely N-dealkylation sites (N-methyl/N-ethyl adjacent to an activating group) is 1. The Morgan fingerprint density at radius 3 is 2.42 bits per heavy atom. The van der Waals surface area contributed by atoms with Crippen LogP contribution >= 0.6 is 0 Å². The van der Waals surface area contributed by atoms with Crippen LogP contribution in [0.15, 0.2) is 47.6 Å².